The SMILES string of the molecule is O.[B].[Ba+2].[BiH3].[H-].[H-]. The van der Waals surface area contributed by atoms with E-state index < -0.39 is 0 Å². The molecule has 0 aromatic rings. The molecule has 0 saturated carbocycles. The van der Waals surface area contributed by atoms with E-state index in [-0.39, 0.29) is 91.8 Å². The van der Waals surface area contributed by atoms with Gasteiger partial charge in [0.25, 0.3) is 0 Å². The Balaban J connectivity index is 0. The van der Waals surface area contributed by atoms with E-state index in [1.807, 2.05) is 0 Å². The first-order valence-corrected chi connectivity index (χ1v) is 0. The van der Waals surface area contributed by atoms with Crippen LogP contribution in [-0.4, -0.2) is 89.0 Å². The summed E-state index contributed by atoms with van der Waals surface area (Å²) < 4.78 is 0. The van der Waals surface area contributed by atoms with Crippen molar-refractivity contribution >= 4 is 83.5 Å². The zero-order chi connectivity index (χ0) is 0. The molecule has 0 aromatic carbocycles. The largest absolute Gasteiger partial charge is 1.00 e. The van der Waals surface area contributed by atoms with Crippen molar-refractivity contribution in [2.45, 2.75) is 0 Å². The van der Waals surface area contributed by atoms with Gasteiger partial charge in [-0.2, -0.15) is 0 Å². The average Bonchev–Trinajstić information content (AvgIpc) is 0. The van der Waals surface area contributed by atoms with Gasteiger partial charge in [0.2, 0.25) is 0 Å². The first-order valence-electron chi connectivity index (χ1n) is 0. The monoisotopic (exact) mass is 381 g/mol. The van der Waals surface area contributed by atoms with Crippen LogP contribution in [0, 0.1) is 0 Å². The topological polar surface area (TPSA) is 31.5 Å². The fourth-order valence-corrected chi connectivity index (χ4v) is 0. The van der Waals surface area contributed by atoms with E-state index >= 15 is 0 Å². The summed E-state index contributed by atoms with van der Waals surface area (Å²) in [5, 5.41) is 0. The summed E-state index contributed by atoms with van der Waals surface area (Å²) in [6, 6.07) is 0. The summed E-state index contributed by atoms with van der Waals surface area (Å²) in [4.78, 5) is 0. The molecule has 4 heavy (non-hydrogen) atoms. The van der Waals surface area contributed by atoms with Gasteiger partial charge in [0.05, 0.1) is 0 Å². The minimum atomic E-state index is 0. The van der Waals surface area contributed by atoms with Crippen molar-refractivity contribution < 1.29 is 8.33 Å². The summed E-state index contributed by atoms with van der Waals surface area (Å²) >= 11 is 0. The summed E-state index contributed by atoms with van der Waals surface area (Å²) in [6.07, 6.45) is 0. The maximum Gasteiger partial charge on any atom is -1.00 e. The second-order valence-corrected chi connectivity index (χ2v) is 0. The maximum absolute atomic E-state index is 0. The predicted octanol–water partition coefficient (Wildman–Crippen LogP) is -2.55. The van der Waals surface area contributed by atoms with Crippen LogP contribution >= 0.6 is 0 Å². The molecule has 4 heteroatoms. The molecule has 23 valence electrons. The minimum absolute atomic E-state index is 0. The van der Waals surface area contributed by atoms with Gasteiger partial charge in [-0.05, 0) is 0 Å². The minimum Gasteiger partial charge on any atom is -1.00 e. The van der Waals surface area contributed by atoms with Crippen LogP contribution < -0.4 is 0 Å². The van der Waals surface area contributed by atoms with Crippen molar-refractivity contribution in [2.24, 2.45) is 0 Å². The molecule has 0 rings (SSSR count). The van der Waals surface area contributed by atoms with Gasteiger partial charge in [-0.25, -0.2) is 0 Å². The Hall–Kier alpha value is 2.48. The molecule has 0 unspecified atom stereocenters. The van der Waals surface area contributed by atoms with Crippen LogP contribution in [-0.2, 0) is 0 Å². The van der Waals surface area contributed by atoms with Crippen LogP contribution in [0.25, 0.3) is 0 Å². The van der Waals surface area contributed by atoms with Gasteiger partial charge < -0.3 is 8.33 Å². The van der Waals surface area contributed by atoms with Crippen molar-refractivity contribution in [3.8, 4) is 0 Å². The van der Waals surface area contributed by atoms with Crippen molar-refractivity contribution in [3.63, 3.8) is 0 Å². The van der Waals surface area contributed by atoms with Crippen LogP contribution in [0.15, 0.2) is 0 Å². The Morgan fingerprint density at radius 1 is 1.25 bits per heavy atom. The molecule has 0 bridgehead atoms. The van der Waals surface area contributed by atoms with Crippen LogP contribution in [0.1, 0.15) is 2.85 Å². The predicted molar refractivity (Wildman–Crippen MR) is 27.3 cm³/mol. The van der Waals surface area contributed by atoms with Gasteiger partial charge >= 0.3 is 75.1 Å². The molecular formula is H7BBaBiO. The van der Waals surface area contributed by atoms with E-state index in [0.717, 1.165) is 0 Å². The van der Waals surface area contributed by atoms with Crippen LogP contribution in [0.2, 0.25) is 0 Å². The van der Waals surface area contributed by atoms with Gasteiger partial charge in [0, 0.05) is 8.41 Å². The van der Waals surface area contributed by atoms with Gasteiger partial charge in [0.15, 0.2) is 0 Å². The maximum atomic E-state index is 0. The van der Waals surface area contributed by atoms with E-state index in [9.17, 15) is 0 Å². The third kappa shape index (κ3) is 8.82. The fourth-order valence-electron chi connectivity index (χ4n) is 0. The third-order valence-corrected chi connectivity index (χ3v) is 0. The summed E-state index contributed by atoms with van der Waals surface area (Å²) in [6.45, 7) is 0. The zero-order valence-electron chi connectivity index (χ0n) is 4.49. The van der Waals surface area contributed by atoms with Gasteiger partial charge in [-0.1, -0.05) is 0 Å². The molecule has 0 spiro atoms. The quantitative estimate of drug-likeness (QED) is 0.415. The van der Waals surface area contributed by atoms with E-state index in [2.05, 4.69) is 0 Å². The summed E-state index contributed by atoms with van der Waals surface area (Å²) in [7, 11) is 0. The molecule has 3 radical (unpaired) electrons. The molecule has 2 N–H and O–H groups in total. The van der Waals surface area contributed by atoms with E-state index in [0.29, 0.717) is 0 Å². The Bertz CT molecular complexity index is 13.5. The third-order valence-electron chi connectivity index (χ3n) is 0. The number of hydrogen-bond acceptors (Lipinski definition) is 0. The van der Waals surface area contributed by atoms with Crippen molar-refractivity contribution in [2.75, 3.05) is 0 Å². The number of hydrogen-bond donors (Lipinski definition) is 0. The smallest absolute Gasteiger partial charge is 1.00 e. The zero-order valence-corrected chi connectivity index (χ0v) is 12.4. The fraction of sp³-hybridized carbons (Fsp3) is 0. The van der Waals surface area contributed by atoms with E-state index in [1.54, 1.807) is 0 Å². The Labute approximate surface area is 90.0 Å². The summed E-state index contributed by atoms with van der Waals surface area (Å²) in [5.41, 5.74) is 0. The molecule has 0 heterocycles. The second-order valence-electron chi connectivity index (χ2n) is 0. The Morgan fingerprint density at radius 2 is 1.25 bits per heavy atom. The molecule has 1 nitrogen and oxygen atoms in total. The van der Waals surface area contributed by atoms with Crippen molar-refractivity contribution in [3.05, 3.63) is 0 Å². The first kappa shape index (κ1) is 31.6. The first-order chi connectivity index (χ1) is 0. The van der Waals surface area contributed by atoms with Crippen LogP contribution in [0.5, 0.6) is 0 Å². The Morgan fingerprint density at radius 3 is 1.25 bits per heavy atom. The van der Waals surface area contributed by atoms with Crippen molar-refractivity contribution in [1.29, 1.82) is 0 Å². The molecule has 0 aliphatic heterocycles. The molecule has 0 atom stereocenters. The van der Waals surface area contributed by atoms with E-state index in [1.165, 1.54) is 0 Å². The molecule has 0 aliphatic rings. The molecule has 0 aliphatic carbocycles. The van der Waals surface area contributed by atoms with E-state index in [4.69, 9.17) is 0 Å². The average molecular weight is 380 g/mol. The molecule has 0 saturated heterocycles. The van der Waals surface area contributed by atoms with Crippen LogP contribution in [0.3, 0.4) is 0 Å². The standard InChI is InChI=1S/B.Ba.Bi.H2O.5H/h;;;1H2;;;;;/q;+2;;;;;;2*-1. The van der Waals surface area contributed by atoms with Gasteiger partial charge in [-0.15, -0.1) is 0 Å². The van der Waals surface area contributed by atoms with Crippen LogP contribution in [0.4, 0.5) is 0 Å². The molecular weight excluding hydrogens is 373 g/mol. The van der Waals surface area contributed by atoms with Gasteiger partial charge in [0.1, 0.15) is 0 Å². The Kier molecular flexibility index (Phi) is 141. The molecule has 0 fully saturated rings. The normalized spacial score (nSPS) is 0. The van der Waals surface area contributed by atoms with Crippen molar-refractivity contribution in [1.82, 2.24) is 0 Å². The summed E-state index contributed by atoms with van der Waals surface area (Å²) in [5.74, 6) is 0. The number of rotatable bonds is 0. The molecule has 0 amide bonds. The van der Waals surface area contributed by atoms with Gasteiger partial charge in [-0.3, -0.25) is 0 Å². The molecule has 0 aromatic heterocycles. The second kappa shape index (κ2) is 17.9.